The Balaban J connectivity index is 2.10. The Hall–Kier alpha value is -0.610. The normalized spacial score (nSPS) is 21.1. The van der Waals surface area contributed by atoms with E-state index in [1.807, 2.05) is 0 Å². The fourth-order valence-corrected chi connectivity index (χ4v) is 1.21. The predicted octanol–water partition coefficient (Wildman–Crippen LogP) is 0.0692. The van der Waals surface area contributed by atoms with Crippen LogP contribution in [0.5, 0.6) is 0 Å². The van der Waals surface area contributed by atoms with E-state index in [2.05, 4.69) is 5.32 Å². The quantitative estimate of drug-likeness (QED) is 0.550. The van der Waals surface area contributed by atoms with Gasteiger partial charge in [-0.3, -0.25) is 4.79 Å². The number of hydrogen-bond donors (Lipinski definition) is 3. The van der Waals surface area contributed by atoms with Crippen molar-refractivity contribution in [2.75, 3.05) is 19.7 Å². The summed E-state index contributed by atoms with van der Waals surface area (Å²) in [4.78, 5) is 10.5. The molecule has 4 heteroatoms. The van der Waals surface area contributed by atoms with Gasteiger partial charge in [0.05, 0.1) is 5.92 Å². The van der Waals surface area contributed by atoms with Crippen molar-refractivity contribution in [3.63, 3.8) is 0 Å². The molecule has 0 bridgehead atoms. The van der Waals surface area contributed by atoms with Crippen LogP contribution < -0.4 is 5.32 Å². The highest BCUT2D eigenvalue weighted by Gasteiger charge is 2.41. The van der Waals surface area contributed by atoms with Crippen LogP contribution in [0.25, 0.3) is 0 Å². The van der Waals surface area contributed by atoms with Crippen LogP contribution in [0.15, 0.2) is 0 Å². The smallest absolute Gasteiger partial charge is 0.307 e. The van der Waals surface area contributed by atoms with Crippen LogP contribution in [0.3, 0.4) is 0 Å². The standard InChI is InChI=1S/C9H17NO3/c1-7(8(12)13)4-10-5-9(6-11)2-3-9/h7,10-11H,2-6H2,1H3,(H,12,13). The van der Waals surface area contributed by atoms with Gasteiger partial charge in [-0.2, -0.15) is 0 Å². The molecule has 3 N–H and O–H groups in total. The van der Waals surface area contributed by atoms with Gasteiger partial charge in [0.25, 0.3) is 0 Å². The van der Waals surface area contributed by atoms with Crippen LogP contribution in [0.1, 0.15) is 19.8 Å². The van der Waals surface area contributed by atoms with Crippen LogP contribution in [-0.4, -0.2) is 35.9 Å². The molecule has 13 heavy (non-hydrogen) atoms. The summed E-state index contributed by atoms with van der Waals surface area (Å²) in [5.41, 5.74) is 0.0677. The number of aliphatic carboxylic acids is 1. The van der Waals surface area contributed by atoms with E-state index < -0.39 is 5.97 Å². The molecule has 1 atom stereocenters. The molecule has 0 amide bonds. The van der Waals surface area contributed by atoms with E-state index in [4.69, 9.17) is 10.2 Å². The maximum atomic E-state index is 10.5. The summed E-state index contributed by atoms with van der Waals surface area (Å²) in [7, 11) is 0. The third kappa shape index (κ3) is 2.97. The summed E-state index contributed by atoms with van der Waals surface area (Å²) in [6.45, 7) is 3.10. The summed E-state index contributed by atoms with van der Waals surface area (Å²) in [5, 5.41) is 20.6. The number of rotatable bonds is 6. The highest BCUT2D eigenvalue weighted by atomic mass is 16.4. The maximum Gasteiger partial charge on any atom is 0.307 e. The van der Waals surface area contributed by atoms with E-state index in [-0.39, 0.29) is 17.9 Å². The summed E-state index contributed by atoms with van der Waals surface area (Å²) >= 11 is 0. The van der Waals surface area contributed by atoms with Gasteiger partial charge in [-0.15, -0.1) is 0 Å². The van der Waals surface area contributed by atoms with Crippen molar-refractivity contribution in [1.82, 2.24) is 5.32 Å². The van der Waals surface area contributed by atoms with Gasteiger partial charge < -0.3 is 15.5 Å². The zero-order valence-electron chi connectivity index (χ0n) is 7.92. The van der Waals surface area contributed by atoms with Crippen LogP contribution in [0.2, 0.25) is 0 Å². The number of carboxylic acids is 1. The Labute approximate surface area is 78.0 Å². The summed E-state index contributed by atoms with van der Waals surface area (Å²) in [6, 6.07) is 0. The second-order valence-corrected chi connectivity index (χ2v) is 4.03. The first-order valence-electron chi connectivity index (χ1n) is 4.64. The lowest BCUT2D eigenvalue weighted by Gasteiger charge is -2.13. The third-order valence-electron chi connectivity index (χ3n) is 2.66. The zero-order valence-corrected chi connectivity index (χ0v) is 7.92. The molecule has 1 aliphatic rings. The first-order chi connectivity index (χ1) is 6.09. The summed E-state index contributed by atoms with van der Waals surface area (Å²) < 4.78 is 0. The number of aliphatic hydroxyl groups excluding tert-OH is 1. The Bertz CT molecular complexity index is 189. The molecule has 1 unspecified atom stereocenters. The predicted molar refractivity (Wildman–Crippen MR) is 48.4 cm³/mol. The average molecular weight is 187 g/mol. The van der Waals surface area contributed by atoms with Crippen molar-refractivity contribution in [3.8, 4) is 0 Å². The Morgan fingerprint density at radius 2 is 2.23 bits per heavy atom. The summed E-state index contributed by atoms with van der Waals surface area (Å²) in [6.07, 6.45) is 2.11. The van der Waals surface area contributed by atoms with Crippen molar-refractivity contribution in [3.05, 3.63) is 0 Å². The first kappa shape index (κ1) is 10.5. The van der Waals surface area contributed by atoms with Gasteiger partial charge in [-0.05, 0) is 12.8 Å². The molecule has 1 saturated carbocycles. The van der Waals surface area contributed by atoms with Gasteiger partial charge in [0, 0.05) is 25.1 Å². The lowest BCUT2D eigenvalue weighted by molar-refractivity contribution is -0.140. The minimum absolute atomic E-state index is 0.0677. The van der Waals surface area contributed by atoms with Crippen molar-refractivity contribution in [2.24, 2.45) is 11.3 Å². The van der Waals surface area contributed by atoms with Crippen molar-refractivity contribution >= 4 is 5.97 Å². The SMILES string of the molecule is CC(CNCC1(CO)CC1)C(=O)O. The second kappa shape index (κ2) is 4.07. The molecule has 1 aliphatic carbocycles. The van der Waals surface area contributed by atoms with Crippen LogP contribution in [0, 0.1) is 11.3 Å². The number of carbonyl (C=O) groups is 1. The van der Waals surface area contributed by atoms with Gasteiger partial charge >= 0.3 is 5.97 Å². The van der Waals surface area contributed by atoms with E-state index in [1.54, 1.807) is 6.92 Å². The number of carboxylic acid groups (broad SMARTS) is 1. The molecule has 0 aromatic heterocycles. The van der Waals surface area contributed by atoms with Gasteiger partial charge in [-0.1, -0.05) is 6.92 Å². The van der Waals surface area contributed by atoms with E-state index in [1.165, 1.54) is 0 Å². The fourth-order valence-electron chi connectivity index (χ4n) is 1.21. The fraction of sp³-hybridized carbons (Fsp3) is 0.889. The second-order valence-electron chi connectivity index (χ2n) is 4.03. The molecule has 0 aromatic rings. The first-order valence-corrected chi connectivity index (χ1v) is 4.64. The highest BCUT2D eigenvalue weighted by Crippen LogP contribution is 2.44. The van der Waals surface area contributed by atoms with E-state index in [0.29, 0.717) is 6.54 Å². The molecule has 4 nitrogen and oxygen atoms in total. The van der Waals surface area contributed by atoms with Gasteiger partial charge in [0.2, 0.25) is 0 Å². The third-order valence-corrected chi connectivity index (χ3v) is 2.66. The van der Waals surface area contributed by atoms with Crippen LogP contribution in [-0.2, 0) is 4.79 Å². The molecule has 0 saturated heterocycles. The lowest BCUT2D eigenvalue weighted by atomic mass is 10.1. The molecular weight excluding hydrogens is 170 g/mol. The maximum absolute atomic E-state index is 10.5. The Kier molecular flexibility index (Phi) is 3.27. The Morgan fingerprint density at radius 3 is 2.62 bits per heavy atom. The highest BCUT2D eigenvalue weighted by molar-refractivity contribution is 5.69. The molecule has 0 aliphatic heterocycles. The summed E-state index contributed by atoms with van der Waals surface area (Å²) in [5.74, 6) is -1.13. The van der Waals surface area contributed by atoms with Gasteiger partial charge in [-0.25, -0.2) is 0 Å². The molecule has 76 valence electrons. The largest absolute Gasteiger partial charge is 0.481 e. The Morgan fingerprint density at radius 1 is 1.62 bits per heavy atom. The minimum Gasteiger partial charge on any atom is -0.481 e. The molecule has 1 fully saturated rings. The van der Waals surface area contributed by atoms with Crippen LogP contribution >= 0.6 is 0 Å². The van der Waals surface area contributed by atoms with Gasteiger partial charge in [0.15, 0.2) is 0 Å². The monoisotopic (exact) mass is 187 g/mol. The molecule has 0 aromatic carbocycles. The lowest BCUT2D eigenvalue weighted by Crippen LogP contribution is -2.32. The molecule has 1 rings (SSSR count). The molecule has 0 radical (unpaired) electrons. The van der Waals surface area contributed by atoms with Crippen molar-refractivity contribution in [2.45, 2.75) is 19.8 Å². The number of aliphatic hydroxyl groups is 1. The molecular formula is C9H17NO3. The van der Waals surface area contributed by atoms with E-state index in [9.17, 15) is 4.79 Å². The zero-order chi connectivity index (χ0) is 9.90. The number of hydrogen-bond acceptors (Lipinski definition) is 3. The van der Waals surface area contributed by atoms with Crippen molar-refractivity contribution < 1.29 is 15.0 Å². The van der Waals surface area contributed by atoms with E-state index >= 15 is 0 Å². The topological polar surface area (TPSA) is 69.6 Å². The molecule has 0 heterocycles. The van der Waals surface area contributed by atoms with Gasteiger partial charge in [0.1, 0.15) is 0 Å². The molecule has 0 spiro atoms. The average Bonchev–Trinajstić information content (AvgIpc) is 2.85. The minimum atomic E-state index is -0.777. The van der Waals surface area contributed by atoms with Crippen molar-refractivity contribution in [1.29, 1.82) is 0 Å². The number of nitrogens with one attached hydrogen (secondary N) is 1. The van der Waals surface area contributed by atoms with Crippen LogP contribution in [0.4, 0.5) is 0 Å². The van der Waals surface area contributed by atoms with E-state index in [0.717, 1.165) is 19.4 Å².